The van der Waals surface area contributed by atoms with Crippen LogP contribution in [0.5, 0.6) is 0 Å². The van der Waals surface area contributed by atoms with Gasteiger partial charge in [0.2, 0.25) is 0 Å². The van der Waals surface area contributed by atoms with Gasteiger partial charge in [0.25, 0.3) is 0 Å². The van der Waals surface area contributed by atoms with Crippen LogP contribution in [0.15, 0.2) is 24.3 Å². The highest BCUT2D eigenvalue weighted by Gasteiger charge is 2.01. The number of nitriles is 1. The fourth-order valence-electron chi connectivity index (χ4n) is 1.16. The maximum Gasteiger partial charge on any atom is 0.0995 e. The van der Waals surface area contributed by atoms with E-state index in [-0.39, 0.29) is 0 Å². The number of hydrogen-bond acceptors (Lipinski definition) is 2. The van der Waals surface area contributed by atoms with E-state index in [1.54, 1.807) is 0 Å². The number of nitrogens with zero attached hydrogens (tertiary/aromatic N) is 1. The molecule has 1 aromatic carbocycles. The van der Waals surface area contributed by atoms with E-state index in [1.165, 1.54) is 0 Å². The van der Waals surface area contributed by atoms with Crippen molar-refractivity contribution in [3.8, 4) is 6.07 Å². The second-order valence-corrected chi connectivity index (χ2v) is 3.68. The summed E-state index contributed by atoms with van der Waals surface area (Å²) in [6.07, 6.45) is 0. The Labute approximate surface area is 85.1 Å². The lowest BCUT2D eigenvalue weighted by molar-refractivity contribution is 0.0969. The molecule has 0 atom stereocenters. The van der Waals surface area contributed by atoms with Gasteiger partial charge in [0.1, 0.15) is 0 Å². The summed E-state index contributed by atoms with van der Waals surface area (Å²) in [5.74, 6) is 0.532. The van der Waals surface area contributed by atoms with Gasteiger partial charge in [-0.2, -0.15) is 5.26 Å². The van der Waals surface area contributed by atoms with Crippen LogP contribution in [0.2, 0.25) is 0 Å². The standard InChI is InChI=1S/C12H15NO/c1-10(2)8-14-9-12-6-4-3-5-11(12)7-13/h3-6,10H,8-9H2,1-2H3. The van der Waals surface area contributed by atoms with E-state index in [4.69, 9.17) is 10.00 Å². The Hall–Kier alpha value is -1.33. The summed E-state index contributed by atoms with van der Waals surface area (Å²) in [6, 6.07) is 9.69. The molecule has 0 aromatic heterocycles. The molecule has 0 saturated heterocycles. The Balaban J connectivity index is 2.54. The van der Waals surface area contributed by atoms with Gasteiger partial charge < -0.3 is 4.74 Å². The third-order valence-electron chi connectivity index (χ3n) is 1.85. The number of ether oxygens (including phenoxy) is 1. The molecule has 2 nitrogen and oxygen atoms in total. The SMILES string of the molecule is CC(C)COCc1ccccc1C#N. The van der Waals surface area contributed by atoms with Crippen LogP contribution in [0.1, 0.15) is 25.0 Å². The fraction of sp³-hybridized carbons (Fsp3) is 0.417. The summed E-state index contributed by atoms with van der Waals surface area (Å²) in [6.45, 7) is 5.48. The van der Waals surface area contributed by atoms with Crippen LogP contribution in [-0.4, -0.2) is 6.61 Å². The highest BCUT2D eigenvalue weighted by atomic mass is 16.5. The molecule has 0 amide bonds. The van der Waals surface area contributed by atoms with E-state index >= 15 is 0 Å². The van der Waals surface area contributed by atoms with Crippen molar-refractivity contribution >= 4 is 0 Å². The van der Waals surface area contributed by atoms with Crippen LogP contribution in [0.3, 0.4) is 0 Å². The monoisotopic (exact) mass is 189 g/mol. The van der Waals surface area contributed by atoms with Crippen molar-refractivity contribution in [2.24, 2.45) is 5.92 Å². The molecule has 0 heterocycles. The minimum atomic E-state index is 0.530. The summed E-state index contributed by atoms with van der Waals surface area (Å²) in [5.41, 5.74) is 1.67. The Kier molecular flexibility index (Phi) is 4.15. The van der Waals surface area contributed by atoms with Crippen LogP contribution in [0.4, 0.5) is 0 Å². The normalized spacial score (nSPS) is 10.1. The maximum absolute atomic E-state index is 8.82. The third-order valence-corrected chi connectivity index (χ3v) is 1.85. The van der Waals surface area contributed by atoms with Crippen LogP contribution in [0, 0.1) is 17.2 Å². The molecule has 0 aliphatic rings. The molecule has 74 valence electrons. The Morgan fingerprint density at radius 1 is 1.36 bits per heavy atom. The highest BCUT2D eigenvalue weighted by molar-refractivity contribution is 5.36. The summed E-state index contributed by atoms with van der Waals surface area (Å²) >= 11 is 0. The lowest BCUT2D eigenvalue weighted by atomic mass is 10.1. The molecule has 14 heavy (non-hydrogen) atoms. The number of hydrogen-bond donors (Lipinski definition) is 0. The highest BCUT2D eigenvalue weighted by Crippen LogP contribution is 2.09. The van der Waals surface area contributed by atoms with E-state index in [9.17, 15) is 0 Å². The van der Waals surface area contributed by atoms with Gasteiger partial charge in [0.05, 0.1) is 18.2 Å². The van der Waals surface area contributed by atoms with Gasteiger partial charge in [-0.3, -0.25) is 0 Å². The van der Waals surface area contributed by atoms with Crippen molar-refractivity contribution < 1.29 is 4.74 Å². The predicted octanol–water partition coefficient (Wildman–Crippen LogP) is 2.73. The Bertz CT molecular complexity index is 325. The van der Waals surface area contributed by atoms with Crippen molar-refractivity contribution in [1.29, 1.82) is 5.26 Å². The van der Waals surface area contributed by atoms with Crippen LogP contribution in [0.25, 0.3) is 0 Å². The molecular formula is C12H15NO. The third kappa shape index (κ3) is 3.20. The van der Waals surface area contributed by atoms with Gasteiger partial charge in [-0.15, -0.1) is 0 Å². The van der Waals surface area contributed by atoms with Crippen molar-refractivity contribution in [2.45, 2.75) is 20.5 Å². The lowest BCUT2D eigenvalue weighted by Crippen LogP contribution is -2.02. The van der Waals surface area contributed by atoms with E-state index < -0.39 is 0 Å². The second-order valence-electron chi connectivity index (χ2n) is 3.68. The largest absolute Gasteiger partial charge is 0.376 e. The van der Waals surface area contributed by atoms with Crippen molar-refractivity contribution in [3.05, 3.63) is 35.4 Å². The molecular weight excluding hydrogens is 174 g/mol. The Morgan fingerprint density at radius 2 is 2.07 bits per heavy atom. The van der Waals surface area contributed by atoms with Gasteiger partial charge >= 0.3 is 0 Å². The Morgan fingerprint density at radius 3 is 2.71 bits per heavy atom. The van der Waals surface area contributed by atoms with E-state index in [2.05, 4.69) is 19.9 Å². The predicted molar refractivity (Wildman–Crippen MR) is 55.7 cm³/mol. The molecule has 0 unspecified atom stereocenters. The van der Waals surface area contributed by atoms with Gasteiger partial charge in [-0.25, -0.2) is 0 Å². The van der Waals surface area contributed by atoms with Gasteiger partial charge in [-0.05, 0) is 17.5 Å². The van der Waals surface area contributed by atoms with Crippen LogP contribution < -0.4 is 0 Å². The first kappa shape index (κ1) is 10.7. The molecule has 0 aliphatic heterocycles. The van der Waals surface area contributed by atoms with Crippen LogP contribution >= 0.6 is 0 Å². The lowest BCUT2D eigenvalue weighted by Gasteiger charge is -2.07. The zero-order valence-corrected chi connectivity index (χ0v) is 8.66. The summed E-state index contributed by atoms with van der Waals surface area (Å²) in [7, 11) is 0. The smallest absolute Gasteiger partial charge is 0.0995 e. The van der Waals surface area contributed by atoms with Crippen molar-refractivity contribution in [2.75, 3.05) is 6.61 Å². The molecule has 0 fully saturated rings. The molecule has 1 rings (SSSR count). The summed E-state index contributed by atoms with van der Waals surface area (Å²) in [4.78, 5) is 0. The minimum Gasteiger partial charge on any atom is -0.376 e. The number of benzene rings is 1. The fourth-order valence-corrected chi connectivity index (χ4v) is 1.16. The van der Waals surface area contributed by atoms with Crippen molar-refractivity contribution in [1.82, 2.24) is 0 Å². The van der Waals surface area contributed by atoms with Gasteiger partial charge in [0.15, 0.2) is 0 Å². The first-order valence-electron chi connectivity index (χ1n) is 4.79. The molecule has 0 spiro atoms. The van der Waals surface area contributed by atoms with Gasteiger partial charge in [0, 0.05) is 6.61 Å². The molecule has 1 aromatic rings. The quantitative estimate of drug-likeness (QED) is 0.729. The number of rotatable bonds is 4. The molecule has 0 aliphatic carbocycles. The van der Waals surface area contributed by atoms with E-state index in [0.717, 1.165) is 12.2 Å². The average molecular weight is 189 g/mol. The zero-order chi connectivity index (χ0) is 10.4. The topological polar surface area (TPSA) is 33.0 Å². The molecule has 0 radical (unpaired) electrons. The summed E-state index contributed by atoms with van der Waals surface area (Å²) in [5, 5.41) is 8.82. The summed E-state index contributed by atoms with van der Waals surface area (Å²) < 4.78 is 5.47. The first-order valence-corrected chi connectivity index (χ1v) is 4.79. The van der Waals surface area contributed by atoms with Gasteiger partial charge in [-0.1, -0.05) is 32.0 Å². The van der Waals surface area contributed by atoms with Crippen LogP contribution in [-0.2, 0) is 11.3 Å². The molecule has 2 heteroatoms. The molecule has 0 saturated carbocycles. The van der Waals surface area contributed by atoms with E-state index in [1.807, 2.05) is 24.3 Å². The average Bonchev–Trinajstić information content (AvgIpc) is 2.18. The molecule has 0 bridgehead atoms. The van der Waals surface area contributed by atoms with Crippen molar-refractivity contribution in [3.63, 3.8) is 0 Å². The second kappa shape index (κ2) is 5.41. The zero-order valence-electron chi connectivity index (χ0n) is 8.66. The van der Waals surface area contributed by atoms with E-state index in [0.29, 0.717) is 18.1 Å². The maximum atomic E-state index is 8.82. The molecule has 0 N–H and O–H groups in total. The first-order chi connectivity index (χ1) is 6.74. The minimum absolute atomic E-state index is 0.530.